The van der Waals surface area contributed by atoms with E-state index < -0.39 is 5.60 Å². The maximum absolute atomic E-state index is 10.2. The normalized spacial score (nSPS) is 21.5. The highest BCUT2D eigenvalue weighted by molar-refractivity contribution is 5.63. The first kappa shape index (κ1) is 13.3. The average molecular weight is 248 g/mol. The topological polar surface area (TPSA) is 60.7 Å². The number of allylic oxidation sites excluding steroid dienone is 1. The van der Waals surface area contributed by atoms with Gasteiger partial charge in [0.2, 0.25) is 0 Å². The molecule has 0 aliphatic heterocycles. The number of benzene rings is 1. The lowest BCUT2D eigenvalue weighted by Crippen LogP contribution is -2.28. The van der Waals surface area contributed by atoms with Crippen LogP contribution < -0.4 is 0 Å². The van der Waals surface area contributed by atoms with Crippen molar-refractivity contribution in [1.82, 2.24) is 0 Å². The van der Waals surface area contributed by atoms with Crippen LogP contribution in [0.5, 0.6) is 0 Å². The summed E-state index contributed by atoms with van der Waals surface area (Å²) in [6.07, 6.45) is 5.08. The molecule has 0 saturated carbocycles. The van der Waals surface area contributed by atoms with Crippen molar-refractivity contribution in [3.05, 3.63) is 40.5 Å². The third kappa shape index (κ3) is 2.09. The molecule has 1 aliphatic rings. The van der Waals surface area contributed by atoms with Gasteiger partial charge in [0.1, 0.15) is 5.60 Å². The molecule has 0 fully saturated rings. The molecule has 1 aliphatic carbocycles. The van der Waals surface area contributed by atoms with Crippen molar-refractivity contribution in [2.45, 2.75) is 38.4 Å². The SMILES string of the molecule is CC1CC=Cc2c1ccc(C(C)(O)CO)c2CO. The van der Waals surface area contributed by atoms with E-state index in [-0.39, 0.29) is 13.2 Å². The van der Waals surface area contributed by atoms with E-state index in [0.717, 1.165) is 12.0 Å². The van der Waals surface area contributed by atoms with Crippen LogP contribution in [0, 0.1) is 0 Å². The fourth-order valence-electron chi connectivity index (χ4n) is 2.59. The Morgan fingerprint density at radius 2 is 2.06 bits per heavy atom. The van der Waals surface area contributed by atoms with Crippen LogP contribution in [0.2, 0.25) is 0 Å². The smallest absolute Gasteiger partial charge is 0.110 e. The molecule has 0 saturated heterocycles. The van der Waals surface area contributed by atoms with Crippen molar-refractivity contribution in [2.75, 3.05) is 6.61 Å². The molecule has 0 radical (unpaired) electrons. The van der Waals surface area contributed by atoms with Gasteiger partial charge in [0, 0.05) is 0 Å². The lowest BCUT2D eigenvalue weighted by Gasteiger charge is -2.28. The number of aliphatic hydroxyl groups is 3. The molecule has 0 spiro atoms. The summed E-state index contributed by atoms with van der Waals surface area (Å²) >= 11 is 0. The Balaban J connectivity index is 2.63. The summed E-state index contributed by atoms with van der Waals surface area (Å²) in [4.78, 5) is 0. The maximum atomic E-state index is 10.2. The molecule has 0 bridgehead atoms. The Labute approximate surface area is 107 Å². The summed E-state index contributed by atoms with van der Waals surface area (Å²) in [5, 5.41) is 29.1. The summed E-state index contributed by atoms with van der Waals surface area (Å²) in [5.74, 6) is 0.420. The summed E-state index contributed by atoms with van der Waals surface area (Å²) in [6, 6.07) is 3.80. The van der Waals surface area contributed by atoms with Crippen molar-refractivity contribution >= 4 is 6.08 Å². The Morgan fingerprint density at radius 1 is 1.33 bits per heavy atom. The predicted molar refractivity (Wildman–Crippen MR) is 71.1 cm³/mol. The first-order valence-corrected chi connectivity index (χ1v) is 6.28. The van der Waals surface area contributed by atoms with E-state index in [2.05, 4.69) is 13.0 Å². The monoisotopic (exact) mass is 248 g/mol. The number of hydrogen-bond acceptors (Lipinski definition) is 3. The first-order valence-electron chi connectivity index (χ1n) is 6.28. The fourth-order valence-corrected chi connectivity index (χ4v) is 2.59. The molecule has 0 aromatic heterocycles. The minimum Gasteiger partial charge on any atom is -0.393 e. The molecule has 1 aromatic rings. The van der Waals surface area contributed by atoms with Gasteiger partial charge >= 0.3 is 0 Å². The van der Waals surface area contributed by atoms with Crippen molar-refractivity contribution in [1.29, 1.82) is 0 Å². The van der Waals surface area contributed by atoms with Crippen molar-refractivity contribution in [3.8, 4) is 0 Å². The average Bonchev–Trinajstić information content (AvgIpc) is 2.37. The zero-order chi connectivity index (χ0) is 13.3. The zero-order valence-corrected chi connectivity index (χ0v) is 10.8. The van der Waals surface area contributed by atoms with E-state index >= 15 is 0 Å². The fraction of sp³-hybridized carbons (Fsp3) is 0.467. The van der Waals surface area contributed by atoms with Crippen LogP contribution in [-0.2, 0) is 12.2 Å². The highest BCUT2D eigenvalue weighted by Crippen LogP contribution is 2.36. The second-order valence-corrected chi connectivity index (χ2v) is 5.22. The van der Waals surface area contributed by atoms with E-state index in [1.807, 2.05) is 18.2 Å². The Hall–Kier alpha value is -1.16. The second kappa shape index (κ2) is 4.84. The summed E-state index contributed by atoms with van der Waals surface area (Å²) < 4.78 is 0. The van der Waals surface area contributed by atoms with Crippen molar-refractivity contribution in [2.24, 2.45) is 0 Å². The van der Waals surface area contributed by atoms with Gasteiger partial charge in [0.15, 0.2) is 0 Å². The lowest BCUT2D eigenvalue weighted by atomic mass is 9.81. The molecule has 98 valence electrons. The van der Waals surface area contributed by atoms with Crippen LogP contribution in [0.1, 0.15) is 48.4 Å². The molecule has 0 heterocycles. The highest BCUT2D eigenvalue weighted by atomic mass is 16.3. The van der Waals surface area contributed by atoms with Crippen LogP contribution in [0.4, 0.5) is 0 Å². The third-order valence-electron chi connectivity index (χ3n) is 3.74. The number of hydrogen-bond donors (Lipinski definition) is 3. The number of rotatable bonds is 3. The summed E-state index contributed by atoms with van der Waals surface area (Å²) in [6.45, 7) is 3.21. The van der Waals surface area contributed by atoms with Crippen molar-refractivity contribution in [3.63, 3.8) is 0 Å². The highest BCUT2D eigenvalue weighted by Gasteiger charge is 2.28. The van der Waals surface area contributed by atoms with Crippen LogP contribution in [-0.4, -0.2) is 21.9 Å². The van der Waals surface area contributed by atoms with E-state index in [1.54, 1.807) is 6.92 Å². The van der Waals surface area contributed by atoms with Crippen LogP contribution in [0.15, 0.2) is 18.2 Å². The van der Waals surface area contributed by atoms with E-state index in [9.17, 15) is 15.3 Å². The van der Waals surface area contributed by atoms with E-state index in [4.69, 9.17) is 0 Å². The quantitative estimate of drug-likeness (QED) is 0.765. The second-order valence-electron chi connectivity index (χ2n) is 5.22. The largest absolute Gasteiger partial charge is 0.393 e. The van der Waals surface area contributed by atoms with Gasteiger partial charge in [-0.3, -0.25) is 0 Å². The number of fused-ring (bicyclic) bond motifs is 1. The lowest BCUT2D eigenvalue weighted by molar-refractivity contribution is -0.00381. The van der Waals surface area contributed by atoms with Crippen LogP contribution >= 0.6 is 0 Å². The van der Waals surface area contributed by atoms with Crippen LogP contribution in [0.3, 0.4) is 0 Å². The Kier molecular flexibility index (Phi) is 3.57. The molecule has 3 nitrogen and oxygen atoms in total. The molecular weight excluding hydrogens is 228 g/mol. The molecular formula is C15H20O3. The van der Waals surface area contributed by atoms with Gasteiger partial charge in [-0.1, -0.05) is 31.2 Å². The van der Waals surface area contributed by atoms with Crippen LogP contribution in [0.25, 0.3) is 6.08 Å². The number of aliphatic hydroxyl groups excluding tert-OH is 2. The minimum absolute atomic E-state index is 0.133. The summed E-state index contributed by atoms with van der Waals surface area (Å²) in [7, 11) is 0. The van der Waals surface area contributed by atoms with E-state index in [1.165, 1.54) is 5.56 Å². The van der Waals surface area contributed by atoms with Gasteiger partial charge in [-0.2, -0.15) is 0 Å². The van der Waals surface area contributed by atoms with Gasteiger partial charge in [0.25, 0.3) is 0 Å². The van der Waals surface area contributed by atoms with Gasteiger partial charge in [-0.05, 0) is 41.5 Å². The third-order valence-corrected chi connectivity index (χ3v) is 3.74. The zero-order valence-electron chi connectivity index (χ0n) is 10.8. The molecule has 2 rings (SSSR count). The van der Waals surface area contributed by atoms with Gasteiger partial charge < -0.3 is 15.3 Å². The first-order chi connectivity index (χ1) is 8.51. The molecule has 3 heteroatoms. The standard InChI is InChI=1S/C15H20O3/c1-10-4-3-5-12-11(10)6-7-14(13(12)8-16)15(2,18)9-17/h3,5-7,10,16-18H,4,8-9H2,1-2H3. The van der Waals surface area contributed by atoms with Gasteiger partial charge in [0.05, 0.1) is 13.2 Å². The Morgan fingerprint density at radius 3 is 2.67 bits per heavy atom. The van der Waals surface area contributed by atoms with E-state index in [0.29, 0.717) is 17.0 Å². The summed E-state index contributed by atoms with van der Waals surface area (Å²) in [5.41, 5.74) is 2.18. The predicted octanol–water partition coefficient (Wildman–Crippen LogP) is 1.90. The molecule has 18 heavy (non-hydrogen) atoms. The maximum Gasteiger partial charge on any atom is 0.110 e. The molecule has 3 N–H and O–H groups in total. The molecule has 1 aromatic carbocycles. The molecule has 2 atom stereocenters. The van der Waals surface area contributed by atoms with Gasteiger partial charge in [-0.15, -0.1) is 0 Å². The molecule has 2 unspecified atom stereocenters. The minimum atomic E-state index is -1.32. The van der Waals surface area contributed by atoms with Crippen molar-refractivity contribution < 1.29 is 15.3 Å². The van der Waals surface area contributed by atoms with Gasteiger partial charge in [-0.25, -0.2) is 0 Å². The Bertz CT molecular complexity index is 475. The molecule has 0 amide bonds.